The Morgan fingerprint density at radius 3 is 2.42 bits per heavy atom. The van der Waals surface area contributed by atoms with E-state index < -0.39 is 0 Å². The van der Waals surface area contributed by atoms with Crippen LogP contribution < -0.4 is 24.7 Å². The van der Waals surface area contributed by atoms with Crippen LogP contribution in [-0.4, -0.2) is 85.8 Å². The van der Waals surface area contributed by atoms with Crippen molar-refractivity contribution in [3.05, 3.63) is 101 Å². The third-order valence-corrected chi connectivity index (χ3v) is 9.42. The van der Waals surface area contributed by atoms with Crippen molar-refractivity contribution >= 4 is 34.4 Å². The van der Waals surface area contributed by atoms with Gasteiger partial charge in [-0.15, -0.1) is 0 Å². The molecule has 0 bridgehead atoms. The van der Waals surface area contributed by atoms with Gasteiger partial charge in [-0.25, -0.2) is 4.98 Å². The smallest absolute Gasteiger partial charge is 0.266 e. The summed E-state index contributed by atoms with van der Waals surface area (Å²) in [4.78, 5) is 41.1. The fraction of sp³-hybridized carbons (Fsp3) is 0.282. The number of aliphatic imine (C=N–C) groups is 1. The van der Waals surface area contributed by atoms with Crippen LogP contribution in [0.2, 0.25) is 0 Å². The zero-order valence-corrected chi connectivity index (χ0v) is 27.8. The average Bonchev–Trinajstić information content (AvgIpc) is 3.60. The molecule has 2 fully saturated rings. The molecule has 0 radical (unpaired) electrons. The molecule has 2 saturated heterocycles. The van der Waals surface area contributed by atoms with Crippen LogP contribution in [0.3, 0.4) is 0 Å². The summed E-state index contributed by atoms with van der Waals surface area (Å²) >= 11 is 0. The number of hydrogen-bond acceptors (Lipinski definition) is 9. The van der Waals surface area contributed by atoms with E-state index in [2.05, 4.69) is 9.89 Å². The van der Waals surface area contributed by atoms with Crippen molar-refractivity contribution < 1.29 is 23.7 Å². The quantitative estimate of drug-likeness (QED) is 0.185. The first-order chi connectivity index (χ1) is 24.6. The Bertz CT molecular complexity index is 2130. The van der Waals surface area contributed by atoms with Crippen LogP contribution >= 0.6 is 0 Å². The zero-order chi connectivity index (χ0) is 34.0. The lowest BCUT2D eigenvalue weighted by molar-refractivity contribution is 0.0774. The Morgan fingerprint density at radius 2 is 1.62 bits per heavy atom. The highest BCUT2D eigenvalue weighted by Gasteiger charge is 2.32. The van der Waals surface area contributed by atoms with Crippen LogP contribution in [0.15, 0.2) is 94.7 Å². The summed E-state index contributed by atoms with van der Waals surface area (Å²) in [6.45, 7) is 4.10. The molecule has 1 atom stereocenters. The number of ether oxygens (including phenoxy) is 4. The molecule has 0 spiro atoms. The van der Waals surface area contributed by atoms with Crippen LogP contribution in [0.25, 0.3) is 28.0 Å². The van der Waals surface area contributed by atoms with Crippen LogP contribution in [0.4, 0.5) is 11.4 Å². The summed E-state index contributed by atoms with van der Waals surface area (Å²) in [5.41, 5.74) is 4.08. The van der Waals surface area contributed by atoms with E-state index >= 15 is 0 Å². The van der Waals surface area contributed by atoms with E-state index in [0.29, 0.717) is 64.1 Å². The number of hydrogen-bond donors (Lipinski definition) is 0. The van der Waals surface area contributed by atoms with Gasteiger partial charge in [0.1, 0.15) is 24.8 Å². The summed E-state index contributed by atoms with van der Waals surface area (Å²) in [7, 11) is 1.55. The van der Waals surface area contributed by atoms with Gasteiger partial charge in [0, 0.05) is 43.2 Å². The molecule has 0 unspecified atom stereocenters. The van der Waals surface area contributed by atoms with Gasteiger partial charge in [0.05, 0.1) is 54.2 Å². The summed E-state index contributed by atoms with van der Waals surface area (Å²) in [6, 6.07) is 26.5. The maximum atomic E-state index is 14.2. The lowest BCUT2D eigenvalue weighted by atomic mass is 10.1. The molecule has 5 aromatic rings. The topological polar surface area (TPSA) is 108 Å². The molecular formula is C39H37N5O6. The van der Waals surface area contributed by atoms with E-state index in [-0.39, 0.29) is 30.7 Å². The Hall–Kier alpha value is -5.68. The molecule has 11 nitrogen and oxygen atoms in total. The van der Waals surface area contributed by atoms with E-state index in [4.69, 9.17) is 23.9 Å². The number of rotatable bonds is 9. The molecule has 1 amide bonds. The lowest BCUT2D eigenvalue weighted by Gasteiger charge is -2.29. The van der Waals surface area contributed by atoms with Crippen molar-refractivity contribution in [2.75, 3.05) is 58.1 Å². The number of anilines is 1. The summed E-state index contributed by atoms with van der Waals surface area (Å²) < 4.78 is 24.8. The van der Waals surface area contributed by atoms with E-state index in [1.165, 1.54) is 0 Å². The van der Waals surface area contributed by atoms with Crippen molar-refractivity contribution in [3.63, 3.8) is 0 Å². The first-order valence-corrected chi connectivity index (χ1v) is 17.0. The van der Waals surface area contributed by atoms with Gasteiger partial charge < -0.3 is 28.7 Å². The van der Waals surface area contributed by atoms with Gasteiger partial charge in [-0.1, -0.05) is 30.3 Å². The Morgan fingerprint density at radius 1 is 0.840 bits per heavy atom. The lowest BCUT2D eigenvalue weighted by Crippen LogP contribution is -2.36. The van der Waals surface area contributed by atoms with Crippen molar-refractivity contribution in [2.24, 2.45) is 4.99 Å². The van der Waals surface area contributed by atoms with Crippen LogP contribution in [-0.2, 0) is 4.74 Å². The number of carbonyl (C=O) groups is 1. The van der Waals surface area contributed by atoms with E-state index in [0.717, 1.165) is 43.7 Å². The predicted molar refractivity (Wildman–Crippen MR) is 192 cm³/mol. The molecule has 1 aromatic heterocycles. The molecule has 0 N–H and O–H groups in total. The van der Waals surface area contributed by atoms with Crippen LogP contribution in [0.1, 0.15) is 23.2 Å². The summed E-state index contributed by atoms with van der Waals surface area (Å²) in [6.07, 6.45) is 3.75. The standard InChI is InChI=1S/C39H37N5O6/c1-47-35-23-32-34(40-25-29-8-5-15-43(29)38(32)45)24-36(35)50-21-20-49-30-12-9-27(10-13-30)44-37(26-6-3-2-4-7-26)41-33-14-11-28(22-31(33)39(44)46)42-16-18-48-19-17-42/h2-4,6-7,9-14,22-25,29H,5,8,15-21H2,1H3/t29-/m0/s1. The molecule has 3 aliphatic heterocycles. The second-order valence-corrected chi connectivity index (χ2v) is 12.4. The Balaban J connectivity index is 1.01. The van der Waals surface area contributed by atoms with Gasteiger partial charge >= 0.3 is 0 Å². The maximum absolute atomic E-state index is 14.2. The fourth-order valence-corrected chi connectivity index (χ4v) is 6.84. The highest BCUT2D eigenvalue weighted by molar-refractivity contribution is 6.03. The monoisotopic (exact) mass is 671 g/mol. The van der Waals surface area contributed by atoms with E-state index in [9.17, 15) is 9.59 Å². The van der Waals surface area contributed by atoms with Gasteiger partial charge in [-0.05, 0) is 61.4 Å². The molecular weight excluding hydrogens is 634 g/mol. The number of methoxy groups -OCH3 is 1. The second kappa shape index (κ2) is 13.7. The highest BCUT2D eigenvalue weighted by atomic mass is 16.5. The van der Waals surface area contributed by atoms with Crippen molar-refractivity contribution in [3.8, 4) is 34.3 Å². The van der Waals surface area contributed by atoms with E-state index in [1.807, 2.05) is 83.9 Å². The SMILES string of the molecule is COc1cc2c(cc1OCCOc1ccc(-n3c(-c4ccccc4)nc4ccc(N5CCOCC5)cc4c3=O)cc1)N=C[C@@H]1CCCN1C2=O. The Labute approximate surface area is 289 Å². The van der Waals surface area contributed by atoms with Gasteiger partial charge in [0.25, 0.3) is 11.5 Å². The summed E-state index contributed by atoms with van der Waals surface area (Å²) in [5, 5.41) is 0.551. The number of carbonyl (C=O) groups excluding carboxylic acids is 1. The van der Waals surface area contributed by atoms with Crippen molar-refractivity contribution in [1.29, 1.82) is 0 Å². The van der Waals surface area contributed by atoms with Crippen LogP contribution in [0, 0.1) is 0 Å². The largest absolute Gasteiger partial charge is 0.493 e. The molecule has 50 heavy (non-hydrogen) atoms. The molecule has 3 aliphatic rings. The second-order valence-electron chi connectivity index (χ2n) is 12.4. The van der Waals surface area contributed by atoms with Gasteiger partial charge in [-0.2, -0.15) is 0 Å². The van der Waals surface area contributed by atoms with Gasteiger partial charge in [0.15, 0.2) is 11.5 Å². The Kier molecular flexibility index (Phi) is 8.64. The number of nitrogens with zero attached hydrogens (tertiary/aromatic N) is 5. The normalized spacial score (nSPS) is 17.0. The molecule has 254 valence electrons. The van der Waals surface area contributed by atoms with Crippen molar-refractivity contribution in [2.45, 2.75) is 18.9 Å². The molecule has 4 aromatic carbocycles. The van der Waals surface area contributed by atoms with Crippen LogP contribution in [0.5, 0.6) is 17.2 Å². The molecule has 11 heteroatoms. The fourth-order valence-electron chi connectivity index (χ4n) is 6.84. The third-order valence-electron chi connectivity index (χ3n) is 9.42. The number of fused-ring (bicyclic) bond motifs is 3. The van der Waals surface area contributed by atoms with Crippen molar-refractivity contribution in [1.82, 2.24) is 14.5 Å². The number of aromatic nitrogens is 2. The van der Waals surface area contributed by atoms with Gasteiger partial charge in [-0.3, -0.25) is 19.1 Å². The van der Waals surface area contributed by atoms with Gasteiger partial charge in [0.2, 0.25) is 0 Å². The molecule has 8 rings (SSSR count). The first-order valence-electron chi connectivity index (χ1n) is 17.0. The molecule has 4 heterocycles. The number of amides is 1. The molecule has 0 saturated carbocycles. The summed E-state index contributed by atoms with van der Waals surface area (Å²) in [5.74, 6) is 2.11. The predicted octanol–water partition coefficient (Wildman–Crippen LogP) is 5.68. The highest BCUT2D eigenvalue weighted by Crippen LogP contribution is 2.38. The third kappa shape index (κ3) is 6.05. The number of benzene rings is 4. The minimum Gasteiger partial charge on any atom is -0.493 e. The zero-order valence-electron chi connectivity index (χ0n) is 27.8. The minimum absolute atomic E-state index is 0.0271. The average molecular weight is 672 g/mol. The number of morpholine rings is 1. The van der Waals surface area contributed by atoms with E-state index in [1.54, 1.807) is 23.8 Å². The first kappa shape index (κ1) is 31.6. The maximum Gasteiger partial charge on any atom is 0.266 e. The molecule has 0 aliphatic carbocycles. The minimum atomic E-state index is -0.146.